The van der Waals surface area contributed by atoms with E-state index in [1.54, 1.807) is 0 Å². The zero-order valence-corrected chi connectivity index (χ0v) is 10.8. The molecule has 110 valence electrons. The number of ether oxygens (including phenoxy) is 1. The SMILES string of the molecule is COc1cc(F)ccc1Nc1ncnc(NN)c1[N+](=O)[O-]. The van der Waals surface area contributed by atoms with Crippen molar-refractivity contribution in [2.45, 2.75) is 0 Å². The summed E-state index contributed by atoms with van der Waals surface area (Å²) in [7, 11) is 1.35. The number of rotatable bonds is 5. The van der Waals surface area contributed by atoms with E-state index >= 15 is 0 Å². The summed E-state index contributed by atoms with van der Waals surface area (Å²) in [6.45, 7) is 0. The Kier molecular flexibility index (Phi) is 4.09. The van der Waals surface area contributed by atoms with Crippen LogP contribution in [0.15, 0.2) is 24.5 Å². The Morgan fingerprint density at radius 1 is 1.38 bits per heavy atom. The Morgan fingerprint density at radius 2 is 2.10 bits per heavy atom. The van der Waals surface area contributed by atoms with Gasteiger partial charge in [-0.1, -0.05) is 0 Å². The molecule has 10 heteroatoms. The summed E-state index contributed by atoms with van der Waals surface area (Å²) in [5, 5.41) is 13.8. The van der Waals surface area contributed by atoms with Crippen LogP contribution in [0.1, 0.15) is 0 Å². The average molecular weight is 294 g/mol. The van der Waals surface area contributed by atoms with Gasteiger partial charge in [-0.05, 0) is 12.1 Å². The highest BCUT2D eigenvalue weighted by atomic mass is 19.1. The van der Waals surface area contributed by atoms with Crippen LogP contribution in [0.4, 0.5) is 27.4 Å². The van der Waals surface area contributed by atoms with Gasteiger partial charge in [-0.2, -0.15) is 0 Å². The Balaban J connectivity index is 2.47. The number of nitrogens with one attached hydrogen (secondary N) is 2. The van der Waals surface area contributed by atoms with Gasteiger partial charge < -0.3 is 15.5 Å². The number of hydrogen-bond donors (Lipinski definition) is 3. The molecule has 0 bridgehead atoms. The van der Waals surface area contributed by atoms with Gasteiger partial charge in [-0.3, -0.25) is 10.1 Å². The van der Waals surface area contributed by atoms with Crippen LogP contribution in [-0.4, -0.2) is 22.0 Å². The van der Waals surface area contributed by atoms with Crippen LogP contribution in [0.25, 0.3) is 0 Å². The molecule has 9 nitrogen and oxygen atoms in total. The molecule has 4 N–H and O–H groups in total. The molecule has 0 radical (unpaired) electrons. The second-order valence-electron chi connectivity index (χ2n) is 3.79. The molecule has 0 aliphatic rings. The van der Waals surface area contributed by atoms with Crippen molar-refractivity contribution in [1.82, 2.24) is 9.97 Å². The van der Waals surface area contributed by atoms with Crippen molar-refractivity contribution >= 4 is 23.0 Å². The van der Waals surface area contributed by atoms with Crippen LogP contribution < -0.4 is 21.3 Å². The van der Waals surface area contributed by atoms with E-state index in [9.17, 15) is 14.5 Å². The first kappa shape index (κ1) is 14.4. The van der Waals surface area contributed by atoms with Crippen molar-refractivity contribution in [1.29, 1.82) is 0 Å². The molecule has 2 aromatic rings. The van der Waals surface area contributed by atoms with Crippen LogP contribution in [0, 0.1) is 15.9 Å². The minimum absolute atomic E-state index is 0.104. The molecule has 0 aliphatic heterocycles. The fourth-order valence-corrected chi connectivity index (χ4v) is 1.64. The predicted molar refractivity (Wildman–Crippen MR) is 72.7 cm³/mol. The molecule has 2 rings (SSSR count). The smallest absolute Gasteiger partial charge is 0.354 e. The lowest BCUT2D eigenvalue weighted by Crippen LogP contribution is -2.13. The third kappa shape index (κ3) is 2.95. The summed E-state index contributed by atoms with van der Waals surface area (Å²) in [5.41, 5.74) is 1.99. The first-order valence-electron chi connectivity index (χ1n) is 5.63. The van der Waals surface area contributed by atoms with Gasteiger partial charge in [0, 0.05) is 6.07 Å². The Labute approximate surface area is 118 Å². The number of benzene rings is 1. The molecule has 1 heterocycles. The van der Waals surface area contributed by atoms with E-state index in [0.717, 1.165) is 12.4 Å². The minimum atomic E-state index is -0.687. The molecule has 21 heavy (non-hydrogen) atoms. The maximum atomic E-state index is 13.1. The van der Waals surface area contributed by atoms with Gasteiger partial charge in [0.2, 0.25) is 11.6 Å². The number of methoxy groups -OCH3 is 1. The first-order valence-corrected chi connectivity index (χ1v) is 5.63. The van der Waals surface area contributed by atoms with Crippen molar-refractivity contribution < 1.29 is 14.1 Å². The summed E-state index contributed by atoms with van der Waals surface area (Å²) >= 11 is 0. The summed E-state index contributed by atoms with van der Waals surface area (Å²) in [4.78, 5) is 17.9. The van der Waals surface area contributed by atoms with Crippen molar-refractivity contribution in [3.05, 3.63) is 40.5 Å². The number of nitrogens with zero attached hydrogens (tertiary/aromatic N) is 3. The first-order chi connectivity index (χ1) is 10.1. The molecule has 1 aromatic carbocycles. The quantitative estimate of drug-likeness (QED) is 0.430. The Hall–Kier alpha value is -3.01. The third-order valence-corrected chi connectivity index (χ3v) is 2.56. The van der Waals surface area contributed by atoms with Crippen molar-refractivity contribution in [3.8, 4) is 5.75 Å². The van der Waals surface area contributed by atoms with Crippen LogP contribution in [0.2, 0.25) is 0 Å². The topological polar surface area (TPSA) is 128 Å². The lowest BCUT2D eigenvalue weighted by molar-refractivity contribution is -0.383. The van der Waals surface area contributed by atoms with E-state index in [2.05, 4.69) is 20.7 Å². The Morgan fingerprint density at radius 3 is 2.71 bits per heavy atom. The Bertz CT molecular complexity index is 681. The lowest BCUT2D eigenvalue weighted by atomic mass is 10.2. The van der Waals surface area contributed by atoms with Gasteiger partial charge in [-0.25, -0.2) is 20.2 Å². The van der Waals surface area contributed by atoms with E-state index in [1.807, 2.05) is 0 Å². The van der Waals surface area contributed by atoms with Crippen molar-refractivity contribution in [2.24, 2.45) is 5.84 Å². The molecule has 0 amide bonds. The number of hydrazine groups is 1. The maximum Gasteiger partial charge on any atom is 0.354 e. The monoisotopic (exact) mass is 294 g/mol. The van der Waals surface area contributed by atoms with E-state index in [1.165, 1.54) is 19.2 Å². The summed E-state index contributed by atoms with van der Waals surface area (Å²) in [6, 6.07) is 3.69. The highest BCUT2D eigenvalue weighted by molar-refractivity contribution is 5.75. The van der Waals surface area contributed by atoms with Gasteiger partial charge in [0.25, 0.3) is 0 Å². The third-order valence-electron chi connectivity index (χ3n) is 2.56. The molecule has 0 unspecified atom stereocenters. The number of hydrogen-bond acceptors (Lipinski definition) is 8. The molecule has 0 atom stereocenters. The van der Waals surface area contributed by atoms with Crippen LogP contribution in [0.3, 0.4) is 0 Å². The average Bonchev–Trinajstić information content (AvgIpc) is 2.48. The highest BCUT2D eigenvalue weighted by Gasteiger charge is 2.23. The normalized spacial score (nSPS) is 10.0. The molecular weight excluding hydrogens is 283 g/mol. The molecule has 0 spiro atoms. The van der Waals surface area contributed by atoms with Gasteiger partial charge in [0.15, 0.2) is 0 Å². The van der Waals surface area contributed by atoms with Gasteiger partial charge in [0.1, 0.15) is 17.9 Å². The fraction of sp³-hybridized carbons (Fsp3) is 0.0909. The summed E-state index contributed by atoms with van der Waals surface area (Å²) in [6.07, 6.45) is 1.10. The van der Waals surface area contributed by atoms with Gasteiger partial charge in [0.05, 0.1) is 17.7 Å². The van der Waals surface area contributed by atoms with E-state index in [4.69, 9.17) is 10.6 Å². The largest absolute Gasteiger partial charge is 0.494 e. The van der Waals surface area contributed by atoms with Crippen LogP contribution in [-0.2, 0) is 0 Å². The number of halogens is 1. The second kappa shape index (κ2) is 5.96. The number of anilines is 3. The van der Waals surface area contributed by atoms with Crippen LogP contribution >= 0.6 is 0 Å². The number of aromatic nitrogens is 2. The van der Waals surface area contributed by atoms with Gasteiger partial charge in [-0.15, -0.1) is 0 Å². The lowest BCUT2D eigenvalue weighted by Gasteiger charge is -2.11. The maximum absolute atomic E-state index is 13.1. The highest BCUT2D eigenvalue weighted by Crippen LogP contribution is 2.34. The minimum Gasteiger partial charge on any atom is -0.494 e. The molecule has 0 saturated carbocycles. The zero-order valence-electron chi connectivity index (χ0n) is 10.8. The predicted octanol–water partition coefficient (Wildman–Crippen LogP) is 1.56. The van der Waals surface area contributed by atoms with Crippen molar-refractivity contribution in [2.75, 3.05) is 17.9 Å². The van der Waals surface area contributed by atoms with E-state index in [-0.39, 0.29) is 17.4 Å². The summed E-state index contributed by atoms with van der Waals surface area (Å²) in [5.74, 6) is 4.59. The molecule has 0 fully saturated rings. The molecule has 1 aromatic heterocycles. The zero-order chi connectivity index (χ0) is 15.4. The number of nitrogen functional groups attached to an aromatic ring is 1. The number of nitro groups is 1. The molecule has 0 saturated heterocycles. The van der Waals surface area contributed by atoms with Gasteiger partial charge >= 0.3 is 5.69 Å². The van der Waals surface area contributed by atoms with E-state index < -0.39 is 16.4 Å². The fourth-order valence-electron chi connectivity index (χ4n) is 1.64. The molecular formula is C11H11FN6O3. The van der Waals surface area contributed by atoms with Crippen LogP contribution in [0.5, 0.6) is 5.75 Å². The van der Waals surface area contributed by atoms with Crippen molar-refractivity contribution in [3.63, 3.8) is 0 Å². The standard InChI is InChI=1S/C11H11FN6O3/c1-21-8-4-6(12)2-3-7(8)16-10-9(18(19)20)11(17-13)15-5-14-10/h2-5H,13H2,1H3,(H2,14,15,16,17). The number of nitrogens with two attached hydrogens (primary N) is 1. The molecule has 0 aliphatic carbocycles. The van der Waals surface area contributed by atoms with E-state index in [0.29, 0.717) is 5.69 Å². The summed E-state index contributed by atoms with van der Waals surface area (Å²) < 4.78 is 18.1. The second-order valence-corrected chi connectivity index (χ2v) is 3.79.